The molecule has 0 bridgehead atoms. The fraction of sp³-hybridized carbons (Fsp3) is 0.312. The highest BCUT2D eigenvalue weighted by molar-refractivity contribution is 6.05. The molecule has 2 N–H and O–H groups in total. The van der Waals surface area contributed by atoms with Gasteiger partial charge in [-0.15, -0.1) is 0 Å². The normalized spacial score (nSPS) is 17.1. The first-order chi connectivity index (χ1) is 11.1. The third-order valence-corrected chi connectivity index (χ3v) is 3.18. The summed E-state index contributed by atoms with van der Waals surface area (Å²) in [6.45, 7) is 3.57. The molecule has 1 aliphatic rings. The number of nitrogens with one attached hydrogen (secondary N) is 2. The lowest BCUT2D eigenvalue weighted by Crippen LogP contribution is -2.48. The molecule has 0 aliphatic carbocycles. The number of hydrogen-bond acceptors (Lipinski definition) is 5. The number of ether oxygens (including phenoxy) is 2. The fourth-order valence-electron chi connectivity index (χ4n) is 2.25. The minimum Gasteiger partial charge on any atom is -0.463 e. The molecular formula is C16H18N2O5. The molecule has 7 heteroatoms. The maximum atomic E-state index is 12.3. The lowest BCUT2D eigenvalue weighted by atomic mass is 9.95. The van der Waals surface area contributed by atoms with Crippen molar-refractivity contribution < 1.29 is 23.9 Å². The van der Waals surface area contributed by atoms with Gasteiger partial charge in [-0.25, -0.2) is 14.4 Å². The van der Waals surface area contributed by atoms with E-state index in [-0.39, 0.29) is 24.5 Å². The lowest BCUT2D eigenvalue weighted by molar-refractivity contribution is -0.142. The van der Waals surface area contributed by atoms with Crippen LogP contribution in [-0.4, -0.2) is 31.2 Å². The van der Waals surface area contributed by atoms with Gasteiger partial charge in [-0.2, -0.15) is 0 Å². The van der Waals surface area contributed by atoms with Crippen molar-refractivity contribution in [1.29, 1.82) is 0 Å². The van der Waals surface area contributed by atoms with Crippen molar-refractivity contribution in [3.8, 4) is 0 Å². The smallest absolute Gasteiger partial charge is 0.355 e. The molecule has 0 spiro atoms. The summed E-state index contributed by atoms with van der Waals surface area (Å²) in [5.41, 5.74) is 0.492. The highest BCUT2D eigenvalue weighted by Crippen LogP contribution is 2.28. The summed E-state index contributed by atoms with van der Waals surface area (Å²) in [5.74, 6) is -1.46. The van der Waals surface area contributed by atoms with Gasteiger partial charge in [-0.05, 0) is 19.4 Å². The average molecular weight is 318 g/mol. The molecule has 1 aromatic rings. The number of esters is 2. The Bertz CT molecular complexity index is 639. The molecule has 2 rings (SSSR count). The van der Waals surface area contributed by atoms with Crippen LogP contribution in [0.2, 0.25) is 0 Å². The van der Waals surface area contributed by atoms with E-state index < -0.39 is 24.0 Å². The predicted molar refractivity (Wildman–Crippen MR) is 81.1 cm³/mol. The molecule has 1 aliphatic heterocycles. The molecule has 23 heavy (non-hydrogen) atoms. The Morgan fingerprint density at radius 3 is 2.26 bits per heavy atom. The molecule has 7 nitrogen and oxygen atoms in total. The van der Waals surface area contributed by atoms with Crippen LogP contribution in [-0.2, 0) is 19.1 Å². The number of rotatable bonds is 5. The maximum Gasteiger partial charge on any atom is 0.355 e. The van der Waals surface area contributed by atoms with Crippen molar-refractivity contribution in [2.24, 2.45) is 0 Å². The van der Waals surface area contributed by atoms with Crippen LogP contribution in [0.1, 0.15) is 25.5 Å². The SMILES string of the molecule is CCOC(=O)C1=C(C(=O)OCC)C(c2ccccc2)NC(=O)N1. The summed E-state index contributed by atoms with van der Waals surface area (Å²) in [4.78, 5) is 36.3. The molecule has 0 aromatic heterocycles. The van der Waals surface area contributed by atoms with Crippen LogP contribution >= 0.6 is 0 Å². The van der Waals surface area contributed by atoms with Gasteiger partial charge in [0.2, 0.25) is 0 Å². The number of amides is 2. The first-order valence-corrected chi connectivity index (χ1v) is 7.29. The predicted octanol–water partition coefficient (Wildman–Crippen LogP) is 1.42. The number of carbonyl (C=O) groups is 3. The molecule has 0 saturated heterocycles. The molecule has 1 aromatic carbocycles. The van der Waals surface area contributed by atoms with Crippen LogP contribution in [0.4, 0.5) is 4.79 Å². The largest absolute Gasteiger partial charge is 0.463 e. The van der Waals surface area contributed by atoms with E-state index in [9.17, 15) is 14.4 Å². The van der Waals surface area contributed by atoms with E-state index >= 15 is 0 Å². The van der Waals surface area contributed by atoms with Crippen LogP contribution in [0, 0.1) is 0 Å². The van der Waals surface area contributed by atoms with Crippen LogP contribution < -0.4 is 10.6 Å². The zero-order valence-electron chi connectivity index (χ0n) is 12.9. The molecule has 0 radical (unpaired) electrons. The molecule has 0 fully saturated rings. The van der Waals surface area contributed by atoms with Crippen molar-refractivity contribution in [1.82, 2.24) is 10.6 Å². The quantitative estimate of drug-likeness (QED) is 0.801. The summed E-state index contributed by atoms with van der Waals surface area (Å²) in [7, 11) is 0. The minimum atomic E-state index is -0.789. The second-order valence-corrected chi connectivity index (χ2v) is 4.67. The standard InChI is InChI=1S/C16H18N2O5/c1-3-22-14(19)11-12(10-8-6-5-7-9-10)17-16(21)18-13(11)15(20)23-4-2/h5-9,12H,3-4H2,1-2H3,(H2,17,18,21). The monoisotopic (exact) mass is 318 g/mol. The van der Waals surface area contributed by atoms with Gasteiger partial charge in [0.05, 0.1) is 24.8 Å². The van der Waals surface area contributed by atoms with Gasteiger partial charge in [-0.3, -0.25) is 0 Å². The number of hydrogen-bond donors (Lipinski definition) is 2. The molecule has 2 amide bonds. The third kappa shape index (κ3) is 3.68. The lowest BCUT2D eigenvalue weighted by Gasteiger charge is -2.28. The third-order valence-electron chi connectivity index (χ3n) is 3.18. The van der Waals surface area contributed by atoms with E-state index in [1.54, 1.807) is 38.1 Å². The Kier molecular flexibility index (Phi) is 5.35. The van der Waals surface area contributed by atoms with E-state index in [1.807, 2.05) is 6.07 Å². The number of urea groups is 1. The second-order valence-electron chi connectivity index (χ2n) is 4.67. The molecular weight excluding hydrogens is 300 g/mol. The van der Waals surface area contributed by atoms with E-state index in [2.05, 4.69) is 10.6 Å². The van der Waals surface area contributed by atoms with E-state index in [4.69, 9.17) is 9.47 Å². The number of carbonyl (C=O) groups excluding carboxylic acids is 3. The molecule has 1 unspecified atom stereocenters. The van der Waals surface area contributed by atoms with Crippen LogP contribution in [0.15, 0.2) is 41.6 Å². The van der Waals surface area contributed by atoms with E-state index in [0.717, 1.165) is 0 Å². The zero-order valence-corrected chi connectivity index (χ0v) is 12.9. The van der Waals surface area contributed by atoms with Crippen molar-refractivity contribution in [3.05, 3.63) is 47.2 Å². The molecule has 0 saturated carbocycles. The Balaban J connectivity index is 2.53. The van der Waals surface area contributed by atoms with Crippen LogP contribution in [0.3, 0.4) is 0 Å². The first-order valence-electron chi connectivity index (χ1n) is 7.29. The Labute approximate surface area is 133 Å². The number of benzene rings is 1. The Hall–Kier alpha value is -2.83. The van der Waals surface area contributed by atoms with Crippen molar-refractivity contribution in [2.45, 2.75) is 19.9 Å². The van der Waals surface area contributed by atoms with E-state index in [1.165, 1.54) is 0 Å². The van der Waals surface area contributed by atoms with Gasteiger partial charge in [0.1, 0.15) is 5.70 Å². The molecule has 122 valence electrons. The highest BCUT2D eigenvalue weighted by Gasteiger charge is 2.37. The van der Waals surface area contributed by atoms with Gasteiger partial charge in [0, 0.05) is 0 Å². The van der Waals surface area contributed by atoms with Gasteiger partial charge >= 0.3 is 18.0 Å². The molecule has 1 heterocycles. The first kappa shape index (κ1) is 16.5. The molecule has 1 atom stereocenters. The average Bonchev–Trinajstić information content (AvgIpc) is 2.55. The van der Waals surface area contributed by atoms with Crippen LogP contribution in [0.25, 0.3) is 0 Å². The van der Waals surface area contributed by atoms with Gasteiger partial charge in [0.15, 0.2) is 0 Å². The maximum absolute atomic E-state index is 12.3. The summed E-state index contributed by atoms with van der Waals surface area (Å²) < 4.78 is 9.96. The summed E-state index contributed by atoms with van der Waals surface area (Å²) in [5, 5.41) is 4.98. The summed E-state index contributed by atoms with van der Waals surface area (Å²) in [6.07, 6.45) is 0. The Morgan fingerprint density at radius 1 is 1.04 bits per heavy atom. The van der Waals surface area contributed by atoms with Crippen molar-refractivity contribution >= 4 is 18.0 Å². The zero-order chi connectivity index (χ0) is 16.8. The van der Waals surface area contributed by atoms with Gasteiger partial charge in [-0.1, -0.05) is 30.3 Å². The van der Waals surface area contributed by atoms with E-state index in [0.29, 0.717) is 5.56 Å². The summed E-state index contributed by atoms with van der Waals surface area (Å²) >= 11 is 0. The topological polar surface area (TPSA) is 93.7 Å². The highest BCUT2D eigenvalue weighted by atomic mass is 16.5. The van der Waals surface area contributed by atoms with Gasteiger partial charge in [0.25, 0.3) is 0 Å². The van der Waals surface area contributed by atoms with Crippen molar-refractivity contribution in [3.63, 3.8) is 0 Å². The fourth-order valence-corrected chi connectivity index (χ4v) is 2.25. The Morgan fingerprint density at radius 2 is 1.65 bits per heavy atom. The van der Waals surface area contributed by atoms with Gasteiger partial charge < -0.3 is 20.1 Å². The summed E-state index contributed by atoms with van der Waals surface area (Å²) in [6, 6.07) is 7.48. The minimum absolute atomic E-state index is 0.0242. The van der Waals surface area contributed by atoms with Crippen LogP contribution in [0.5, 0.6) is 0 Å². The second kappa shape index (κ2) is 7.44. The van der Waals surface area contributed by atoms with Crippen molar-refractivity contribution in [2.75, 3.05) is 13.2 Å².